The van der Waals surface area contributed by atoms with E-state index in [2.05, 4.69) is 17.0 Å². The van der Waals surface area contributed by atoms with Crippen molar-refractivity contribution in [1.82, 2.24) is 4.90 Å². The Bertz CT molecular complexity index is 664. The van der Waals surface area contributed by atoms with E-state index in [1.165, 1.54) is 5.56 Å². The third-order valence-electron chi connectivity index (χ3n) is 4.44. The molecule has 0 radical (unpaired) electrons. The number of hydrogen-bond donors (Lipinski definition) is 1. The number of piperidine rings is 1. The van der Waals surface area contributed by atoms with Crippen LogP contribution in [-0.2, 0) is 17.9 Å². The number of benzene rings is 2. The summed E-state index contributed by atoms with van der Waals surface area (Å²) in [6, 6.07) is 17.5. The van der Waals surface area contributed by atoms with Crippen molar-refractivity contribution in [1.29, 1.82) is 0 Å². The van der Waals surface area contributed by atoms with Gasteiger partial charge >= 0.3 is 5.97 Å². The fourth-order valence-electron chi connectivity index (χ4n) is 3.08. The van der Waals surface area contributed by atoms with E-state index in [9.17, 15) is 4.79 Å². The summed E-state index contributed by atoms with van der Waals surface area (Å²) in [5, 5.41) is 9.07. The minimum Gasteiger partial charge on any atom is -0.478 e. The molecule has 0 unspecified atom stereocenters. The second-order valence-corrected chi connectivity index (χ2v) is 6.28. The first kappa shape index (κ1) is 16.7. The minimum atomic E-state index is -0.870. The van der Waals surface area contributed by atoms with Gasteiger partial charge in [-0.25, -0.2) is 4.79 Å². The van der Waals surface area contributed by atoms with Gasteiger partial charge in [0.05, 0.1) is 18.3 Å². The van der Waals surface area contributed by atoms with Crippen LogP contribution in [-0.4, -0.2) is 35.2 Å². The number of hydrogen-bond acceptors (Lipinski definition) is 3. The topological polar surface area (TPSA) is 49.8 Å². The Hall–Kier alpha value is -2.17. The van der Waals surface area contributed by atoms with E-state index >= 15 is 0 Å². The van der Waals surface area contributed by atoms with Crippen LogP contribution in [0.25, 0.3) is 0 Å². The van der Waals surface area contributed by atoms with Gasteiger partial charge in [-0.2, -0.15) is 0 Å². The molecule has 126 valence electrons. The Kier molecular flexibility index (Phi) is 5.62. The average Bonchev–Trinajstić information content (AvgIpc) is 2.62. The Balaban J connectivity index is 1.45. The van der Waals surface area contributed by atoms with Crippen LogP contribution in [0.3, 0.4) is 0 Å². The van der Waals surface area contributed by atoms with Crippen LogP contribution in [0.5, 0.6) is 0 Å². The molecule has 0 amide bonds. The Morgan fingerprint density at radius 3 is 2.46 bits per heavy atom. The van der Waals surface area contributed by atoms with E-state index in [1.54, 1.807) is 12.1 Å². The third-order valence-corrected chi connectivity index (χ3v) is 4.44. The molecule has 0 aliphatic carbocycles. The number of likely N-dealkylation sites (tertiary alicyclic amines) is 1. The molecule has 2 aromatic carbocycles. The molecule has 1 fully saturated rings. The maximum absolute atomic E-state index is 11.0. The molecule has 1 saturated heterocycles. The molecule has 0 atom stereocenters. The standard InChI is InChI=1S/C20H23NO3/c22-20(23)18-8-4-7-17(13-18)14-21-11-9-19(10-12-21)24-15-16-5-2-1-3-6-16/h1-8,13,19H,9-12,14-15H2,(H,22,23). The molecule has 1 heterocycles. The van der Waals surface area contributed by atoms with E-state index in [0.717, 1.165) is 38.0 Å². The Morgan fingerprint density at radius 2 is 1.75 bits per heavy atom. The second-order valence-electron chi connectivity index (χ2n) is 6.28. The molecule has 4 nitrogen and oxygen atoms in total. The third kappa shape index (κ3) is 4.66. The predicted molar refractivity (Wildman–Crippen MR) is 92.9 cm³/mol. The molecule has 0 spiro atoms. The predicted octanol–water partition coefficient (Wildman–Crippen LogP) is 3.57. The van der Waals surface area contributed by atoms with Crippen LogP contribution in [0.1, 0.15) is 34.3 Å². The maximum atomic E-state index is 11.0. The number of ether oxygens (including phenoxy) is 1. The SMILES string of the molecule is O=C(O)c1cccc(CN2CCC(OCc3ccccc3)CC2)c1. The van der Waals surface area contributed by atoms with E-state index in [0.29, 0.717) is 18.3 Å². The zero-order valence-electron chi connectivity index (χ0n) is 13.7. The molecule has 0 saturated carbocycles. The molecule has 3 rings (SSSR count). The van der Waals surface area contributed by atoms with Crippen molar-refractivity contribution in [2.24, 2.45) is 0 Å². The monoisotopic (exact) mass is 325 g/mol. The summed E-state index contributed by atoms with van der Waals surface area (Å²) in [5.74, 6) is -0.870. The van der Waals surface area contributed by atoms with Gasteiger partial charge in [-0.3, -0.25) is 4.90 Å². The molecule has 0 aromatic heterocycles. The molecule has 4 heteroatoms. The van der Waals surface area contributed by atoms with Gasteiger partial charge in [0.2, 0.25) is 0 Å². The highest BCUT2D eigenvalue weighted by Gasteiger charge is 2.20. The van der Waals surface area contributed by atoms with E-state index in [4.69, 9.17) is 9.84 Å². The summed E-state index contributed by atoms with van der Waals surface area (Å²) in [6.07, 6.45) is 2.35. The number of nitrogens with zero attached hydrogens (tertiary/aromatic N) is 1. The highest BCUT2D eigenvalue weighted by molar-refractivity contribution is 5.87. The van der Waals surface area contributed by atoms with Gasteiger partial charge in [0, 0.05) is 19.6 Å². The van der Waals surface area contributed by atoms with Crippen molar-refractivity contribution in [3.63, 3.8) is 0 Å². The first-order valence-electron chi connectivity index (χ1n) is 8.41. The smallest absolute Gasteiger partial charge is 0.335 e. The highest BCUT2D eigenvalue weighted by Crippen LogP contribution is 2.18. The van der Waals surface area contributed by atoms with Crippen LogP contribution in [0.15, 0.2) is 54.6 Å². The average molecular weight is 325 g/mol. The van der Waals surface area contributed by atoms with Crippen molar-refractivity contribution in [3.05, 3.63) is 71.3 Å². The number of aromatic carboxylic acids is 1. The number of rotatable bonds is 6. The number of carboxylic acid groups (broad SMARTS) is 1. The Labute approximate surface area is 142 Å². The van der Waals surface area contributed by atoms with Crippen molar-refractivity contribution >= 4 is 5.97 Å². The summed E-state index contributed by atoms with van der Waals surface area (Å²) in [4.78, 5) is 13.4. The number of carbonyl (C=O) groups is 1. The Morgan fingerprint density at radius 1 is 1.04 bits per heavy atom. The highest BCUT2D eigenvalue weighted by atomic mass is 16.5. The summed E-state index contributed by atoms with van der Waals surface area (Å²) < 4.78 is 6.01. The quantitative estimate of drug-likeness (QED) is 0.882. The van der Waals surface area contributed by atoms with Gasteiger partial charge in [-0.05, 0) is 36.1 Å². The summed E-state index contributed by atoms with van der Waals surface area (Å²) in [6.45, 7) is 3.44. The minimum absolute atomic E-state index is 0.312. The molecule has 24 heavy (non-hydrogen) atoms. The van der Waals surface area contributed by atoms with Gasteiger partial charge in [0.25, 0.3) is 0 Å². The number of carboxylic acids is 1. The molecule has 1 N–H and O–H groups in total. The van der Waals surface area contributed by atoms with Crippen LogP contribution in [0, 0.1) is 0 Å². The molecule has 1 aliphatic heterocycles. The van der Waals surface area contributed by atoms with Crippen LogP contribution in [0.2, 0.25) is 0 Å². The van der Waals surface area contributed by atoms with Crippen LogP contribution < -0.4 is 0 Å². The molecular weight excluding hydrogens is 302 g/mol. The second kappa shape index (κ2) is 8.08. The van der Waals surface area contributed by atoms with Crippen LogP contribution in [0.4, 0.5) is 0 Å². The summed E-state index contributed by atoms with van der Waals surface area (Å²) in [5.41, 5.74) is 2.62. The van der Waals surface area contributed by atoms with Gasteiger partial charge in [0.1, 0.15) is 0 Å². The summed E-state index contributed by atoms with van der Waals surface area (Å²) >= 11 is 0. The first-order valence-corrected chi connectivity index (χ1v) is 8.41. The lowest BCUT2D eigenvalue weighted by Gasteiger charge is -2.32. The van der Waals surface area contributed by atoms with E-state index in [1.807, 2.05) is 30.3 Å². The van der Waals surface area contributed by atoms with E-state index < -0.39 is 5.97 Å². The van der Waals surface area contributed by atoms with Gasteiger partial charge < -0.3 is 9.84 Å². The van der Waals surface area contributed by atoms with Crippen LogP contribution >= 0.6 is 0 Å². The molecule has 2 aromatic rings. The lowest BCUT2D eigenvalue weighted by molar-refractivity contribution is -0.00394. The first-order chi connectivity index (χ1) is 11.7. The normalized spacial score (nSPS) is 16.2. The van der Waals surface area contributed by atoms with Crippen molar-refractivity contribution in [2.75, 3.05) is 13.1 Å². The van der Waals surface area contributed by atoms with Gasteiger partial charge in [-0.1, -0.05) is 42.5 Å². The zero-order chi connectivity index (χ0) is 16.8. The largest absolute Gasteiger partial charge is 0.478 e. The fraction of sp³-hybridized carbons (Fsp3) is 0.350. The van der Waals surface area contributed by atoms with Crippen molar-refractivity contribution in [3.8, 4) is 0 Å². The molecule has 0 bridgehead atoms. The zero-order valence-corrected chi connectivity index (χ0v) is 13.7. The van der Waals surface area contributed by atoms with Crippen molar-refractivity contribution < 1.29 is 14.6 Å². The van der Waals surface area contributed by atoms with Gasteiger partial charge in [-0.15, -0.1) is 0 Å². The van der Waals surface area contributed by atoms with Crippen molar-refractivity contribution in [2.45, 2.75) is 32.1 Å². The summed E-state index contributed by atoms with van der Waals surface area (Å²) in [7, 11) is 0. The molecule has 1 aliphatic rings. The fourth-order valence-corrected chi connectivity index (χ4v) is 3.08. The maximum Gasteiger partial charge on any atom is 0.335 e. The van der Waals surface area contributed by atoms with Gasteiger partial charge in [0.15, 0.2) is 0 Å². The van der Waals surface area contributed by atoms with E-state index in [-0.39, 0.29) is 0 Å². The lowest BCUT2D eigenvalue weighted by atomic mass is 10.1. The lowest BCUT2D eigenvalue weighted by Crippen LogP contribution is -2.36. The molecular formula is C20H23NO3.